The molecule has 0 radical (unpaired) electrons. The summed E-state index contributed by atoms with van der Waals surface area (Å²) in [6, 6.07) is 10.8. The Hall–Kier alpha value is -3.30. The van der Waals surface area contributed by atoms with Gasteiger partial charge >= 0.3 is 24.2 Å². The zero-order chi connectivity index (χ0) is 33.8. The average molecular weight is 644 g/mol. The van der Waals surface area contributed by atoms with Gasteiger partial charge in [-0.05, 0) is 111 Å². The molecule has 1 N–H and O–H groups in total. The predicted octanol–water partition coefficient (Wildman–Crippen LogP) is 8.68. The summed E-state index contributed by atoms with van der Waals surface area (Å²) in [4.78, 5) is 43.9. The molecule has 0 unspecified atom stereocenters. The Kier molecular flexibility index (Phi) is 15.8. The van der Waals surface area contributed by atoms with Crippen LogP contribution < -0.4 is 0 Å². The van der Waals surface area contributed by atoms with Gasteiger partial charge in [0.05, 0.1) is 12.8 Å². The highest BCUT2D eigenvalue weighted by Crippen LogP contribution is 2.18. The van der Waals surface area contributed by atoms with E-state index in [4.69, 9.17) is 42.5 Å². The molecule has 0 fully saturated rings. The van der Waals surface area contributed by atoms with Gasteiger partial charge < -0.3 is 24.1 Å². The molecule has 240 valence electrons. The lowest BCUT2D eigenvalue weighted by atomic mass is 10.1. The van der Waals surface area contributed by atoms with Gasteiger partial charge in [0.25, 0.3) is 0 Å². The number of ether oxygens (including phenoxy) is 4. The van der Waals surface area contributed by atoms with Crippen LogP contribution in [0.25, 0.3) is 0 Å². The lowest BCUT2D eigenvalue weighted by molar-refractivity contribution is -0.154. The van der Waals surface area contributed by atoms with Crippen LogP contribution in [0.15, 0.2) is 36.4 Å². The van der Waals surface area contributed by atoms with Gasteiger partial charge in [-0.3, -0.25) is 9.59 Å². The van der Waals surface area contributed by atoms with Crippen LogP contribution in [0.1, 0.15) is 84.6 Å². The van der Waals surface area contributed by atoms with Gasteiger partial charge in [0.2, 0.25) is 0 Å². The SMILES string of the molecule is CC(C)(C)OC(=O)OC(=O)OC(C)(C)C.Cc1cc(CC(=O)O)ccc1Cl.Cc1cc(CC(=O)OC(C)(C)C)ccc1Cl. The van der Waals surface area contributed by atoms with Gasteiger partial charge in [0.1, 0.15) is 16.8 Å². The van der Waals surface area contributed by atoms with Gasteiger partial charge in [0, 0.05) is 10.0 Å². The summed E-state index contributed by atoms with van der Waals surface area (Å²) in [7, 11) is 0. The molecule has 0 saturated heterocycles. The summed E-state index contributed by atoms with van der Waals surface area (Å²) in [5.41, 5.74) is 1.77. The predicted molar refractivity (Wildman–Crippen MR) is 167 cm³/mol. The molecule has 0 aliphatic heterocycles. The minimum Gasteiger partial charge on any atom is -0.481 e. The van der Waals surface area contributed by atoms with Crippen molar-refractivity contribution in [2.75, 3.05) is 0 Å². The molecule has 9 nitrogen and oxygen atoms in total. The summed E-state index contributed by atoms with van der Waals surface area (Å²) in [5, 5.41) is 9.88. The van der Waals surface area contributed by atoms with E-state index in [9.17, 15) is 19.2 Å². The molecule has 0 amide bonds. The van der Waals surface area contributed by atoms with E-state index in [1.807, 2.05) is 46.8 Å². The number of carboxylic acid groups (broad SMARTS) is 1. The van der Waals surface area contributed by atoms with Crippen LogP contribution in [0.3, 0.4) is 0 Å². The standard InChI is InChI=1S/C13H17ClO2.C10H18O5.C9H9ClO2/c1-9-7-10(5-6-11(9)14)8-12(15)16-13(2,3)4;1-9(2,3)14-7(11)13-8(12)15-10(4,5)6;1-6-4-7(5-9(11)12)2-3-8(6)10/h5-7H,8H2,1-4H3;1-6H3;2-4H,5H2,1H3,(H,11,12). The van der Waals surface area contributed by atoms with Crippen molar-refractivity contribution >= 4 is 47.5 Å². The number of aryl methyl sites for hydroxylation is 2. The number of aliphatic carboxylic acids is 1. The smallest absolute Gasteiger partial charge is 0.481 e. The summed E-state index contributed by atoms with van der Waals surface area (Å²) in [6.07, 6.45) is -1.78. The van der Waals surface area contributed by atoms with Crippen LogP contribution >= 0.6 is 23.2 Å². The van der Waals surface area contributed by atoms with E-state index in [1.54, 1.807) is 65.8 Å². The Bertz CT molecular complexity index is 1220. The van der Waals surface area contributed by atoms with Crippen LogP contribution in [-0.2, 0) is 41.4 Å². The van der Waals surface area contributed by atoms with E-state index < -0.39 is 35.1 Å². The van der Waals surface area contributed by atoms with Crippen molar-refractivity contribution in [3.05, 3.63) is 68.7 Å². The number of carbonyl (C=O) groups excluding carboxylic acids is 3. The Morgan fingerprint density at radius 3 is 1.28 bits per heavy atom. The molecular formula is C32H44Cl2O9. The molecule has 2 aromatic rings. The first-order valence-corrected chi connectivity index (χ1v) is 14.2. The van der Waals surface area contributed by atoms with Gasteiger partial charge in [0.15, 0.2) is 0 Å². The van der Waals surface area contributed by atoms with E-state index in [0.717, 1.165) is 22.3 Å². The van der Waals surface area contributed by atoms with Gasteiger partial charge in [-0.2, -0.15) is 0 Å². The second-order valence-corrected chi connectivity index (χ2v) is 13.3. The van der Waals surface area contributed by atoms with Crippen molar-refractivity contribution in [1.29, 1.82) is 0 Å². The van der Waals surface area contributed by atoms with Crippen LogP contribution in [0.2, 0.25) is 10.0 Å². The molecule has 0 aliphatic rings. The molecule has 2 aromatic carbocycles. The molecule has 0 atom stereocenters. The van der Waals surface area contributed by atoms with E-state index in [-0.39, 0.29) is 18.8 Å². The summed E-state index contributed by atoms with van der Waals surface area (Å²) in [6.45, 7) is 19.4. The van der Waals surface area contributed by atoms with Crippen LogP contribution in [-0.4, -0.2) is 46.2 Å². The van der Waals surface area contributed by atoms with Crippen molar-refractivity contribution < 1.29 is 43.2 Å². The fraction of sp³-hybridized carbons (Fsp3) is 0.500. The minimum atomic E-state index is -1.06. The van der Waals surface area contributed by atoms with Crippen molar-refractivity contribution in [1.82, 2.24) is 0 Å². The summed E-state index contributed by atoms with van der Waals surface area (Å²) in [5.74, 6) is -1.04. The topological polar surface area (TPSA) is 125 Å². The zero-order valence-corrected chi connectivity index (χ0v) is 28.4. The first-order chi connectivity index (χ1) is 19.4. The number of hydrogen-bond donors (Lipinski definition) is 1. The maximum Gasteiger partial charge on any atom is 0.519 e. The molecule has 43 heavy (non-hydrogen) atoms. The van der Waals surface area contributed by atoms with Crippen LogP contribution in [0.5, 0.6) is 0 Å². The third-order valence-corrected chi connectivity index (χ3v) is 5.36. The van der Waals surface area contributed by atoms with E-state index in [2.05, 4.69) is 4.74 Å². The first kappa shape index (κ1) is 39.7. The maximum atomic E-state index is 11.6. The molecule has 0 aliphatic carbocycles. The maximum absolute atomic E-state index is 11.6. The highest BCUT2D eigenvalue weighted by atomic mass is 35.5. The molecule has 0 aromatic heterocycles. The van der Waals surface area contributed by atoms with Crippen molar-refractivity contribution in [2.24, 2.45) is 0 Å². The van der Waals surface area contributed by atoms with Crippen molar-refractivity contribution in [3.63, 3.8) is 0 Å². The lowest BCUT2D eigenvalue weighted by Crippen LogP contribution is -2.29. The second-order valence-electron chi connectivity index (χ2n) is 12.5. The Morgan fingerprint density at radius 2 is 0.977 bits per heavy atom. The molecule has 0 saturated carbocycles. The summed E-state index contributed by atoms with van der Waals surface area (Å²) >= 11 is 11.7. The van der Waals surface area contributed by atoms with Gasteiger partial charge in [-0.15, -0.1) is 0 Å². The fourth-order valence-corrected chi connectivity index (χ4v) is 3.20. The number of benzene rings is 2. The molecule has 0 spiro atoms. The highest BCUT2D eigenvalue weighted by molar-refractivity contribution is 6.31. The third-order valence-electron chi connectivity index (χ3n) is 4.51. The number of rotatable bonds is 4. The van der Waals surface area contributed by atoms with Crippen molar-refractivity contribution in [3.8, 4) is 0 Å². The van der Waals surface area contributed by atoms with Crippen LogP contribution in [0.4, 0.5) is 9.59 Å². The Labute approximate surface area is 264 Å². The Morgan fingerprint density at radius 1 is 0.628 bits per heavy atom. The molecular weight excluding hydrogens is 599 g/mol. The quantitative estimate of drug-likeness (QED) is 0.198. The van der Waals surface area contributed by atoms with Gasteiger partial charge in [-0.25, -0.2) is 9.59 Å². The number of carbonyl (C=O) groups is 4. The Balaban J connectivity index is 0.000000621. The van der Waals surface area contributed by atoms with E-state index in [0.29, 0.717) is 10.0 Å². The molecule has 0 bridgehead atoms. The average Bonchev–Trinajstić information content (AvgIpc) is 2.75. The number of hydrogen-bond acceptors (Lipinski definition) is 8. The molecule has 2 rings (SSSR count). The van der Waals surface area contributed by atoms with Gasteiger partial charge in [-0.1, -0.05) is 47.5 Å². The molecule has 11 heteroatoms. The number of esters is 1. The fourth-order valence-electron chi connectivity index (χ4n) is 2.96. The third kappa shape index (κ3) is 21.1. The largest absolute Gasteiger partial charge is 0.519 e. The second kappa shape index (κ2) is 17.1. The minimum absolute atomic E-state index is 0.0536. The number of carboxylic acids is 1. The van der Waals surface area contributed by atoms with E-state index in [1.165, 1.54) is 0 Å². The van der Waals surface area contributed by atoms with Crippen LogP contribution in [0, 0.1) is 13.8 Å². The van der Waals surface area contributed by atoms with Crippen molar-refractivity contribution in [2.45, 2.75) is 106 Å². The monoisotopic (exact) mass is 642 g/mol. The number of halogens is 2. The highest BCUT2D eigenvalue weighted by Gasteiger charge is 2.24. The molecule has 0 heterocycles. The first-order valence-electron chi connectivity index (χ1n) is 13.4. The zero-order valence-electron chi connectivity index (χ0n) is 26.8. The van der Waals surface area contributed by atoms with E-state index >= 15 is 0 Å². The normalized spacial score (nSPS) is 11.1. The lowest BCUT2D eigenvalue weighted by Gasteiger charge is -2.20. The summed E-state index contributed by atoms with van der Waals surface area (Å²) < 4.78 is 19.0.